The third kappa shape index (κ3) is 5.58. The molecule has 0 unspecified atom stereocenters. The Kier molecular flexibility index (Phi) is 8.67. The molecule has 8 nitrogen and oxygen atoms in total. The molecular formula is C26H33N3O5. The van der Waals surface area contributed by atoms with Crippen LogP contribution in [0.15, 0.2) is 40.9 Å². The second-order valence-corrected chi connectivity index (χ2v) is 8.00. The number of ether oxygens (including phenoxy) is 1. The van der Waals surface area contributed by atoms with E-state index in [-0.39, 0.29) is 28.9 Å². The van der Waals surface area contributed by atoms with Gasteiger partial charge in [0.15, 0.2) is 11.5 Å². The molecule has 0 saturated carbocycles. The first-order chi connectivity index (χ1) is 16.4. The number of phenolic OH excluding ortho intramolecular Hbond substituents is 2. The second kappa shape index (κ2) is 11.7. The Morgan fingerprint density at radius 3 is 2.47 bits per heavy atom. The summed E-state index contributed by atoms with van der Waals surface area (Å²) in [6.45, 7) is 9.48. The van der Waals surface area contributed by atoms with Crippen molar-refractivity contribution in [1.29, 1.82) is 0 Å². The normalized spacial score (nSPS) is 11.2. The summed E-state index contributed by atoms with van der Waals surface area (Å²) in [5.74, 6) is -0.228. The summed E-state index contributed by atoms with van der Waals surface area (Å²) in [5, 5.41) is 27.5. The van der Waals surface area contributed by atoms with E-state index in [4.69, 9.17) is 9.26 Å². The molecular weight excluding hydrogens is 434 g/mol. The van der Waals surface area contributed by atoms with Crippen LogP contribution in [-0.2, 0) is 17.7 Å². The summed E-state index contributed by atoms with van der Waals surface area (Å²) >= 11 is 0. The van der Waals surface area contributed by atoms with E-state index in [0.29, 0.717) is 36.3 Å². The largest absolute Gasteiger partial charge is 0.508 e. The Morgan fingerprint density at radius 1 is 1.12 bits per heavy atom. The molecule has 182 valence electrons. The maximum absolute atomic E-state index is 12.7. The van der Waals surface area contributed by atoms with Crippen molar-refractivity contribution in [3.05, 3.63) is 53.2 Å². The maximum Gasteiger partial charge on any atom is 0.274 e. The topological polar surface area (TPSA) is 108 Å². The Labute approximate surface area is 200 Å². The summed E-state index contributed by atoms with van der Waals surface area (Å²) in [6, 6.07) is 10.8. The van der Waals surface area contributed by atoms with Crippen LogP contribution in [0, 0.1) is 0 Å². The molecule has 0 saturated heterocycles. The third-order valence-corrected chi connectivity index (χ3v) is 5.77. The van der Waals surface area contributed by atoms with Crippen molar-refractivity contribution in [3.8, 4) is 33.9 Å². The lowest BCUT2D eigenvalue weighted by Gasteiger charge is -2.20. The number of hydrogen-bond donors (Lipinski definition) is 3. The molecule has 3 N–H and O–H groups in total. The highest BCUT2D eigenvalue weighted by atomic mass is 16.5. The molecule has 0 bridgehead atoms. The molecule has 3 aromatic rings. The Hall–Kier alpha value is -3.36. The summed E-state index contributed by atoms with van der Waals surface area (Å²) in [6.07, 6.45) is 0.567. The van der Waals surface area contributed by atoms with E-state index in [1.165, 1.54) is 6.07 Å². The SMILES string of the molecule is CCNC(=O)c1noc(-c2cc(CC)c(O)cc2O)c1-c1ccc(CN(CC)CCOC)cc1. The summed E-state index contributed by atoms with van der Waals surface area (Å²) in [7, 11) is 1.70. The smallest absolute Gasteiger partial charge is 0.274 e. The van der Waals surface area contributed by atoms with Gasteiger partial charge in [0.05, 0.1) is 17.7 Å². The fraction of sp³-hybridized carbons (Fsp3) is 0.385. The molecule has 0 atom stereocenters. The third-order valence-electron chi connectivity index (χ3n) is 5.77. The van der Waals surface area contributed by atoms with E-state index in [0.717, 1.165) is 30.8 Å². The number of carbonyl (C=O) groups excluding carboxylic acids is 1. The molecule has 2 aromatic carbocycles. The number of aryl methyl sites for hydroxylation is 1. The van der Waals surface area contributed by atoms with Crippen LogP contribution in [0.3, 0.4) is 0 Å². The molecule has 1 heterocycles. The van der Waals surface area contributed by atoms with Crippen LogP contribution in [-0.4, -0.2) is 59.5 Å². The van der Waals surface area contributed by atoms with E-state index < -0.39 is 0 Å². The average molecular weight is 468 g/mol. The van der Waals surface area contributed by atoms with Crippen molar-refractivity contribution in [2.24, 2.45) is 0 Å². The van der Waals surface area contributed by atoms with Crippen LogP contribution >= 0.6 is 0 Å². The number of aromatic nitrogens is 1. The van der Waals surface area contributed by atoms with Crippen LogP contribution in [0.25, 0.3) is 22.5 Å². The molecule has 34 heavy (non-hydrogen) atoms. The van der Waals surface area contributed by atoms with Crippen molar-refractivity contribution in [2.45, 2.75) is 33.7 Å². The highest BCUT2D eigenvalue weighted by Crippen LogP contribution is 2.41. The number of methoxy groups -OCH3 is 1. The highest BCUT2D eigenvalue weighted by molar-refractivity contribution is 6.02. The number of hydrogen-bond acceptors (Lipinski definition) is 7. The summed E-state index contributed by atoms with van der Waals surface area (Å²) in [4.78, 5) is 15.0. The van der Waals surface area contributed by atoms with Crippen LogP contribution in [0.1, 0.15) is 42.4 Å². The first-order valence-electron chi connectivity index (χ1n) is 11.6. The summed E-state index contributed by atoms with van der Waals surface area (Å²) < 4.78 is 10.8. The van der Waals surface area contributed by atoms with Crippen molar-refractivity contribution in [1.82, 2.24) is 15.4 Å². The first kappa shape index (κ1) is 25.3. The van der Waals surface area contributed by atoms with Crippen molar-refractivity contribution in [3.63, 3.8) is 0 Å². The van der Waals surface area contributed by atoms with E-state index in [1.54, 1.807) is 13.2 Å². The minimum atomic E-state index is -0.359. The van der Waals surface area contributed by atoms with E-state index in [2.05, 4.69) is 22.3 Å². The Balaban J connectivity index is 2.05. The number of phenols is 2. The van der Waals surface area contributed by atoms with Crippen LogP contribution in [0.2, 0.25) is 0 Å². The van der Waals surface area contributed by atoms with Gasteiger partial charge < -0.3 is 24.8 Å². The lowest BCUT2D eigenvalue weighted by molar-refractivity contribution is 0.0947. The minimum Gasteiger partial charge on any atom is -0.508 e. The molecule has 8 heteroatoms. The zero-order chi connectivity index (χ0) is 24.7. The van der Waals surface area contributed by atoms with Gasteiger partial charge in [-0.05, 0) is 42.6 Å². The van der Waals surface area contributed by atoms with Gasteiger partial charge in [-0.15, -0.1) is 0 Å². The predicted molar refractivity (Wildman–Crippen MR) is 131 cm³/mol. The van der Waals surface area contributed by atoms with E-state index >= 15 is 0 Å². The number of amides is 1. The van der Waals surface area contributed by atoms with Crippen molar-refractivity contribution in [2.75, 3.05) is 33.4 Å². The molecule has 0 radical (unpaired) electrons. The molecule has 0 aliphatic rings. The van der Waals surface area contributed by atoms with Crippen molar-refractivity contribution >= 4 is 5.91 Å². The number of nitrogens with zero attached hydrogens (tertiary/aromatic N) is 2. The monoisotopic (exact) mass is 467 g/mol. The number of benzene rings is 2. The summed E-state index contributed by atoms with van der Waals surface area (Å²) in [5.41, 5.74) is 3.53. The molecule has 0 aliphatic carbocycles. The Morgan fingerprint density at radius 2 is 1.85 bits per heavy atom. The molecule has 0 aliphatic heterocycles. The van der Waals surface area contributed by atoms with Crippen LogP contribution in [0.5, 0.6) is 11.5 Å². The highest BCUT2D eigenvalue weighted by Gasteiger charge is 2.26. The zero-order valence-corrected chi connectivity index (χ0v) is 20.2. The average Bonchev–Trinajstić information content (AvgIpc) is 3.27. The van der Waals surface area contributed by atoms with Gasteiger partial charge in [0.25, 0.3) is 5.91 Å². The molecule has 1 amide bonds. The molecule has 3 rings (SSSR count). The zero-order valence-electron chi connectivity index (χ0n) is 20.2. The quantitative estimate of drug-likeness (QED) is 0.388. The van der Waals surface area contributed by atoms with Gasteiger partial charge in [0, 0.05) is 32.8 Å². The first-order valence-corrected chi connectivity index (χ1v) is 11.6. The Bertz CT molecular complexity index is 1110. The van der Waals surface area contributed by atoms with Crippen molar-refractivity contribution < 1.29 is 24.3 Å². The van der Waals surface area contributed by atoms with Gasteiger partial charge >= 0.3 is 0 Å². The standard InChI is InChI=1S/C26H33N3O5/c1-5-18-14-20(22(31)15-21(18)30)25-23(24(28-34-25)26(32)27-6-2)19-10-8-17(9-11-19)16-29(7-3)12-13-33-4/h8-11,14-15,30-31H,5-7,12-13,16H2,1-4H3,(H,27,32). The molecule has 0 fully saturated rings. The molecule has 1 aromatic heterocycles. The van der Waals surface area contributed by atoms with E-state index in [9.17, 15) is 15.0 Å². The lowest BCUT2D eigenvalue weighted by Crippen LogP contribution is -2.26. The van der Waals surface area contributed by atoms with E-state index in [1.807, 2.05) is 38.1 Å². The van der Waals surface area contributed by atoms with Crippen LogP contribution in [0.4, 0.5) is 0 Å². The number of nitrogens with one attached hydrogen (secondary N) is 1. The fourth-order valence-electron chi connectivity index (χ4n) is 3.83. The number of aromatic hydroxyl groups is 2. The van der Waals surface area contributed by atoms with Gasteiger partial charge in [0.2, 0.25) is 0 Å². The van der Waals surface area contributed by atoms with Crippen LogP contribution < -0.4 is 5.32 Å². The number of carbonyl (C=O) groups is 1. The van der Waals surface area contributed by atoms with Gasteiger partial charge in [-0.3, -0.25) is 9.69 Å². The lowest BCUT2D eigenvalue weighted by atomic mass is 9.96. The predicted octanol–water partition coefficient (Wildman–Crippen LogP) is 4.20. The minimum absolute atomic E-state index is 0.00655. The molecule has 0 spiro atoms. The van der Waals surface area contributed by atoms with Gasteiger partial charge in [0.1, 0.15) is 11.5 Å². The maximum atomic E-state index is 12.7. The fourth-order valence-corrected chi connectivity index (χ4v) is 3.83. The number of rotatable bonds is 11. The number of likely N-dealkylation sites (N-methyl/N-ethyl adjacent to an activating group) is 1. The second-order valence-electron chi connectivity index (χ2n) is 8.00. The van der Waals surface area contributed by atoms with Gasteiger partial charge in [-0.1, -0.05) is 43.3 Å². The van der Waals surface area contributed by atoms with Gasteiger partial charge in [-0.2, -0.15) is 0 Å². The van der Waals surface area contributed by atoms with Gasteiger partial charge in [-0.25, -0.2) is 0 Å².